The van der Waals surface area contributed by atoms with Crippen molar-refractivity contribution in [3.63, 3.8) is 0 Å². The number of hydrogen-bond acceptors (Lipinski definition) is 6. The van der Waals surface area contributed by atoms with Crippen LogP contribution in [0.2, 0.25) is 0 Å². The molecule has 0 radical (unpaired) electrons. The van der Waals surface area contributed by atoms with Crippen molar-refractivity contribution < 1.29 is 28.6 Å². The molecule has 0 bridgehead atoms. The van der Waals surface area contributed by atoms with Crippen molar-refractivity contribution in [1.82, 2.24) is 0 Å². The molecule has 0 aliphatic heterocycles. The third-order valence-corrected chi connectivity index (χ3v) is 12.7. The van der Waals surface area contributed by atoms with E-state index < -0.39 is 12.1 Å². The van der Waals surface area contributed by atoms with Crippen LogP contribution in [0.3, 0.4) is 0 Å². The summed E-state index contributed by atoms with van der Waals surface area (Å²) >= 11 is 0. The molecular weight excluding hydrogens is 913 g/mol. The molecule has 0 aromatic heterocycles. The quantitative estimate of drug-likeness (QED) is 0.0261. The SMILES string of the molecule is CC/C=C\C/C=C\C/C=C\C/C=C\C/C=C\C/C=C\CCC(=O)OC(COC(=O)CCCCCCCCCCCC/C=C\C/C=C\C/C=C\C/C=C\CC)COC(=O)CCCCCCCCCCCCCCCC. The molecule has 1 atom stereocenters. The summed E-state index contributed by atoms with van der Waals surface area (Å²) in [7, 11) is 0. The van der Waals surface area contributed by atoms with Gasteiger partial charge in [-0.2, -0.15) is 0 Å². The van der Waals surface area contributed by atoms with Crippen LogP contribution in [0.4, 0.5) is 0 Å². The Morgan fingerprint density at radius 3 is 0.878 bits per heavy atom. The van der Waals surface area contributed by atoms with Gasteiger partial charge in [0.05, 0.1) is 0 Å². The van der Waals surface area contributed by atoms with Crippen LogP contribution in [-0.4, -0.2) is 37.2 Å². The minimum absolute atomic E-state index is 0.109. The van der Waals surface area contributed by atoms with Crippen molar-refractivity contribution in [1.29, 1.82) is 0 Å². The number of rotatable bonds is 54. The molecule has 74 heavy (non-hydrogen) atoms. The van der Waals surface area contributed by atoms with Crippen LogP contribution in [-0.2, 0) is 28.6 Å². The van der Waals surface area contributed by atoms with Crippen molar-refractivity contribution in [2.75, 3.05) is 13.2 Å². The Hall–Kier alpha value is -4.19. The zero-order chi connectivity index (χ0) is 53.6. The van der Waals surface area contributed by atoms with Gasteiger partial charge in [-0.3, -0.25) is 14.4 Å². The number of ether oxygens (including phenoxy) is 3. The van der Waals surface area contributed by atoms with Crippen molar-refractivity contribution in [3.05, 3.63) is 122 Å². The molecule has 0 spiro atoms. The maximum absolute atomic E-state index is 12.9. The zero-order valence-corrected chi connectivity index (χ0v) is 48.1. The topological polar surface area (TPSA) is 78.9 Å². The summed E-state index contributed by atoms with van der Waals surface area (Å²) in [5.74, 6) is -0.995. The number of unbranched alkanes of at least 4 members (excludes halogenated alkanes) is 23. The van der Waals surface area contributed by atoms with Gasteiger partial charge in [-0.15, -0.1) is 0 Å². The van der Waals surface area contributed by atoms with Gasteiger partial charge in [0.15, 0.2) is 6.10 Å². The lowest BCUT2D eigenvalue weighted by molar-refractivity contribution is -0.166. The van der Waals surface area contributed by atoms with E-state index in [1.54, 1.807) is 0 Å². The predicted octanol–water partition coefficient (Wildman–Crippen LogP) is 20.8. The Bertz CT molecular complexity index is 1550. The van der Waals surface area contributed by atoms with E-state index in [1.165, 1.54) is 122 Å². The van der Waals surface area contributed by atoms with Gasteiger partial charge in [0, 0.05) is 19.3 Å². The van der Waals surface area contributed by atoms with Crippen LogP contribution < -0.4 is 0 Å². The van der Waals surface area contributed by atoms with Gasteiger partial charge in [-0.25, -0.2) is 0 Å². The third-order valence-electron chi connectivity index (χ3n) is 12.7. The molecule has 0 saturated carbocycles. The lowest BCUT2D eigenvalue weighted by Crippen LogP contribution is -2.30. The van der Waals surface area contributed by atoms with E-state index in [4.69, 9.17) is 14.2 Å². The molecule has 0 rings (SSSR count). The number of carbonyl (C=O) groups is 3. The normalized spacial score (nSPS) is 13.0. The summed E-state index contributed by atoms with van der Waals surface area (Å²) < 4.78 is 16.8. The van der Waals surface area contributed by atoms with Crippen molar-refractivity contribution >= 4 is 17.9 Å². The molecule has 420 valence electrons. The second-order valence-electron chi connectivity index (χ2n) is 19.9. The number of hydrogen-bond donors (Lipinski definition) is 0. The maximum Gasteiger partial charge on any atom is 0.306 e. The standard InChI is InChI=1S/C68H112O6/c1-4-7-10-13-16-19-22-25-28-30-32-33-34-35-37-38-40-43-46-49-52-55-58-61-67(70)73-64-65(63-72-66(69)60-57-54-51-48-45-42-27-24-21-18-15-12-9-6-3)74-68(71)62-59-56-53-50-47-44-41-39-36-31-29-26-23-20-17-14-11-8-5-2/h7-8,10-11,16-17,19-20,25-26,28-29,32-33,36,39,44,47,53,56,65H,4-6,9,12-15,18,21-24,27,30-31,34-35,37-38,40-43,45-46,48-52,54-55,57-64H2,1-3H3/b10-7-,11-8-,19-16-,20-17-,28-25-,29-26-,33-32-,39-36-,47-44-,56-53-. The Morgan fingerprint density at radius 1 is 0.284 bits per heavy atom. The molecule has 0 aliphatic rings. The predicted molar refractivity (Wildman–Crippen MR) is 320 cm³/mol. The Labute approximate surface area is 456 Å². The molecule has 0 N–H and O–H groups in total. The van der Waals surface area contributed by atoms with Crippen LogP contribution >= 0.6 is 0 Å². The van der Waals surface area contributed by atoms with Gasteiger partial charge in [0.2, 0.25) is 0 Å². The minimum atomic E-state index is -0.822. The third kappa shape index (κ3) is 58.7. The van der Waals surface area contributed by atoms with E-state index in [-0.39, 0.29) is 31.6 Å². The van der Waals surface area contributed by atoms with Crippen molar-refractivity contribution in [2.45, 2.75) is 277 Å². The highest BCUT2D eigenvalue weighted by Crippen LogP contribution is 2.16. The van der Waals surface area contributed by atoms with E-state index in [1.807, 2.05) is 6.08 Å². The zero-order valence-electron chi connectivity index (χ0n) is 48.1. The number of allylic oxidation sites excluding steroid dienone is 20. The second-order valence-corrected chi connectivity index (χ2v) is 19.9. The smallest absolute Gasteiger partial charge is 0.306 e. The molecule has 0 heterocycles. The van der Waals surface area contributed by atoms with Gasteiger partial charge in [0.25, 0.3) is 0 Å². The highest BCUT2D eigenvalue weighted by molar-refractivity contribution is 5.71. The van der Waals surface area contributed by atoms with E-state index in [2.05, 4.69) is 136 Å². The molecular formula is C68H112O6. The average molecular weight is 1030 g/mol. The van der Waals surface area contributed by atoms with E-state index in [9.17, 15) is 14.4 Å². The second kappa shape index (κ2) is 61.4. The minimum Gasteiger partial charge on any atom is -0.462 e. The first-order chi connectivity index (χ1) is 36.5. The fourth-order valence-electron chi connectivity index (χ4n) is 8.23. The molecule has 0 saturated heterocycles. The monoisotopic (exact) mass is 1020 g/mol. The molecule has 0 amide bonds. The fourth-order valence-corrected chi connectivity index (χ4v) is 8.23. The van der Waals surface area contributed by atoms with Gasteiger partial charge < -0.3 is 14.2 Å². The lowest BCUT2D eigenvalue weighted by atomic mass is 10.0. The molecule has 6 nitrogen and oxygen atoms in total. The molecule has 0 fully saturated rings. The van der Waals surface area contributed by atoms with E-state index in [0.29, 0.717) is 19.3 Å². The fraction of sp³-hybridized carbons (Fsp3) is 0.662. The highest BCUT2D eigenvalue weighted by Gasteiger charge is 2.19. The molecule has 0 aromatic rings. The van der Waals surface area contributed by atoms with Gasteiger partial charge in [-0.05, 0) is 96.3 Å². The molecule has 1 unspecified atom stereocenters. The first-order valence-electron chi connectivity index (χ1n) is 30.5. The van der Waals surface area contributed by atoms with Crippen LogP contribution in [0.5, 0.6) is 0 Å². The van der Waals surface area contributed by atoms with Crippen LogP contribution in [0.15, 0.2) is 122 Å². The molecule has 0 aromatic carbocycles. The van der Waals surface area contributed by atoms with Gasteiger partial charge in [0.1, 0.15) is 13.2 Å². The first kappa shape index (κ1) is 69.8. The van der Waals surface area contributed by atoms with E-state index >= 15 is 0 Å². The Balaban J connectivity index is 4.46. The summed E-state index contributed by atoms with van der Waals surface area (Å²) in [5, 5.41) is 0. The summed E-state index contributed by atoms with van der Waals surface area (Å²) in [6.07, 6.45) is 84.9. The van der Waals surface area contributed by atoms with E-state index in [0.717, 1.165) is 103 Å². The number of esters is 3. The summed E-state index contributed by atoms with van der Waals surface area (Å²) in [6.45, 7) is 6.36. The van der Waals surface area contributed by atoms with Crippen LogP contribution in [0, 0.1) is 0 Å². The Kier molecular flexibility index (Phi) is 57.9. The largest absolute Gasteiger partial charge is 0.462 e. The average Bonchev–Trinajstić information content (AvgIpc) is 3.40. The van der Waals surface area contributed by atoms with Gasteiger partial charge in [-0.1, -0.05) is 277 Å². The lowest BCUT2D eigenvalue weighted by Gasteiger charge is -2.18. The first-order valence-corrected chi connectivity index (χ1v) is 30.5. The Morgan fingerprint density at radius 2 is 0.554 bits per heavy atom. The molecule has 0 aliphatic carbocycles. The van der Waals surface area contributed by atoms with Crippen LogP contribution in [0.25, 0.3) is 0 Å². The van der Waals surface area contributed by atoms with Crippen molar-refractivity contribution in [2.24, 2.45) is 0 Å². The number of carbonyl (C=O) groups excluding carboxylic acids is 3. The maximum atomic E-state index is 12.9. The van der Waals surface area contributed by atoms with Gasteiger partial charge >= 0.3 is 17.9 Å². The summed E-state index contributed by atoms with van der Waals surface area (Å²) in [4.78, 5) is 38.2. The highest BCUT2D eigenvalue weighted by atomic mass is 16.6. The van der Waals surface area contributed by atoms with Crippen LogP contribution in [0.1, 0.15) is 271 Å². The summed E-state index contributed by atoms with van der Waals surface area (Å²) in [5.41, 5.74) is 0. The molecule has 6 heteroatoms. The summed E-state index contributed by atoms with van der Waals surface area (Å²) in [6, 6.07) is 0. The van der Waals surface area contributed by atoms with Crippen molar-refractivity contribution in [3.8, 4) is 0 Å².